The summed E-state index contributed by atoms with van der Waals surface area (Å²) in [7, 11) is 0. The molecule has 2 aromatic heterocycles. The Bertz CT molecular complexity index is 1230. The van der Waals surface area contributed by atoms with E-state index in [1.54, 1.807) is 18.3 Å². The topological polar surface area (TPSA) is 86.2 Å². The van der Waals surface area contributed by atoms with Gasteiger partial charge >= 0.3 is 0 Å². The average Bonchev–Trinajstić information content (AvgIpc) is 2.92. The lowest BCUT2D eigenvalue weighted by molar-refractivity contribution is 0.126. The van der Waals surface area contributed by atoms with Crippen molar-refractivity contribution in [1.82, 2.24) is 19.9 Å². The maximum Gasteiger partial charge on any atom is 0.229 e. The molecule has 1 saturated carbocycles. The van der Waals surface area contributed by atoms with E-state index in [-0.39, 0.29) is 18.0 Å². The number of piperidine rings is 1. The third-order valence-corrected chi connectivity index (χ3v) is 7.53. The Balaban J connectivity index is 1.35. The highest BCUT2D eigenvalue weighted by molar-refractivity contribution is 5.74. The van der Waals surface area contributed by atoms with Crippen LogP contribution in [0.3, 0.4) is 0 Å². The van der Waals surface area contributed by atoms with E-state index in [0.717, 1.165) is 68.4 Å². The van der Waals surface area contributed by atoms with Crippen LogP contribution >= 0.6 is 0 Å². The third kappa shape index (κ3) is 6.74. The van der Waals surface area contributed by atoms with Gasteiger partial charge in [-0.1, -0.05) is 17.7 Å². The van der Waals surface area contributed by atoms with Crippen LogP contribution in [0, 0.1) is 5.82 Å². The lowest BCUT2D eigenvalue weighted by Gasteiger charge is -2.31. The molecule has 0 bridgehead atoms. The summed E-state index contributed by atoms with van der Waals surface area (Å²) in [5.74, 6) is 0.832. The molecule has 200 valence electrons. The van der Waals surface area contributed by atoms with E-state index >= 15 is 0 Å². The van der Waals surface area contributed by atoms with Crippen LogP contribution in [0.5, 0.6) is 0 Å². The number of benzene rings is 1. The SMILES string of the molecule is CC(C)N1CCC(=Cc2ccc(-c3cnc(Nc4ccc(F)cc4)nc3NC3CCC(O)CC3)nc2)CC1. The van der Waals surface area contributed by atoms with Crippen molar-refractivity contribution in [3.63, 3.8) is 0 Å². The number of aromatic nitrogens is 3. The van der Waals surface area contributed by atoms with Crippen LogP contribution in [0.25, 0.3) is 17.3 Å². The molecule has 0 radical (unpaired) electrons. The monoisotopic (exact) mass is 516 g/mol. The highest BCUT2D eigenvalue weighted by atomic mass is 19.1. The largest absolute Gasteiger partial charge is 0.393 e. The van der Waals surface area contributed by atoms with Crippen molar-refractivity contribution in [2.24, 2.45) is 0 Å². The molecular weight excluding hydrogens is 479 g/mol. The predicted molar refractivity (Wildman–Crippen MR) is 151 cm³/mol. The molecule has 1 saturated heterocycles. The molecule has 2 aliphatic rings. The van der Waals surface area contributed by atoms with Crippen molar-refractivity contribution >= 4 is 23.5 Å². The average molecular weight is 517 g/mol. The molecule has 0 amide bonds. The Hall–Kier alpha value is -3.36. The minimum absolute atomic E-state index is 0.214. The summed E-state index contributed by atoms with van der Waals surface area (Å²) >= 11 is 0. The maximum absolute atomic E-state index is 13.3. The van der Waals surface area contributed by atoms with E-state index in [2.05, 4.69) is 46.5 Å². The zero-order valence-electron chi connectivity index (χ0n) is 22.2. The molecule has 7 nitrogen and oxygen atoms in total. The van der Waals surface area contributed by atoms with Crippen LogP contribution in [0.4, 0.5) is 21.8 Å². The van der Waals surface area contributed by atoms with Crippen LogP contribution < -0.4 is 10.6 Å². The summed E-state index contributed by atoms with van der Waals surface area (Å²) in [6.45, 7) is 6.73. The highest BCUT2D eigenvalue weighted by Gasteiger charge is 2.22. The smallest absolute Gasteiger partial charge is 0.229 e. The van der Waals surface area contributed by atoms with Crippen LogP contribution in [0.2, 0.25) is 0 Å². The molecule has 3 heterocycles. The molecule has 38 heavy (non-hydrogen) atoms. The van der Waals surface area contributed by atoms with Gasteiger partial charge in [0.15, 0.2) is 0 Å². The first kappa shape index (κ1) is 26.3. The molecule has 1 aliphatic carbocycles. The fourth-order valence-corrected chi connectivity index (χ4v) is 5.17. The van der Waals surface area contributed by atoms with E-state index < -0.39 is 0 Å². The van der Waals surface area contributed by atoms with Gasteiger partial charge in [0.25, 0.3) is 0 Å². The van der Waals surface area contributed by atoms with Gasteiger partial charge in [-0.25, -0.2) is 9.37 Å². The van der Waals surface area contributed by atoms with Gasteiger partial charge in [-0.3, -0.25) is 4.98 Å². The molecule has 3 N–H and O–H groups in total. The normalized spacial score (nSPS) is 20.4. The lowest BCUT2D eigenvalue weighted by atomic mass is 9.93. The van der Waals surface area contributed by atoms with E-state index in [1.165, 1.54) is 17.7 Å². The van der Waals surface area contributed by atoms with Gasteiger partial charge in [-0.15, -0.1) is 0 Å². The minimum atomic E-state index is -0.292. The zero-order valence-corrected chi connectivity index (χ0v) is 22.2. The van der Waals surface area contributed by atoms with E-state index in [0.29, 0.717) is 23.5 Å². The summed E-state index contributed by atoms with van der Waals surface area (Å²) in [5, 5.41) is 16.7. The molecule has 0 unspecified atom stereocenters. The zero-order chi connectivity index (χ0) is 26.5. The van der Waals surface area contributed by atoms with Gasteiger partial charge in [0.2, 0.25) is 5.95 Å². The molecule has 1 aliphatic heterocycles. The van der Waals surface area contributed by atoms with Gasteiger partial charge in [0, 0.05) is 43.3 Å². The van der Waals surface area contributed by atoms with Crippen LogP contribution in [-0.4, -0.2) is 56.2 Å². The summed E-state index contributed by atoms with van der Waals surface area (Å²) in [5.41, 5.74) is 4.91. The number of likely N-dealkylation sites (tertiary alicyclic amines) is 1. The standard InChI is InChI=1S/C30H37FN6O/c1-20(2)37-15-13-21(14-16-37)17-22-3-12-28(32-18-22)27-19-33-30(35-25-6-4-23(31)5-7-25)36-29(27)34-24-8-10-26(38)11-9-24/h3-7,12,17-20,24,26,38H,8-11,13-16H2,1-2H3,(H2,33,34,35,36). The van der Waals surface area contributed by atoms with Crippen LogP contribution in [0.15, 0.2) is 54.4 Å². The molecule has 3 aromatic rings. The van der Waals surface area contributed by atoms with Gasteiger partial charge in [0.1, 0.15) is 11.6 Å². The number of nitrogens with zero attached hydrogens (tertiary/aromatic N) is 4. The second-order valence-electron chi connectivity index (χ2n) is 10.6. The number of aliphatic hydroxyl groups is 1. The number of nitrogens with one attached hydrogen (secondary N) is 2. The first-order chi connectivity index (χ1) is 18.4. The van der Waals surface area contributed by atoms with E-state index in [1.807, 2.05) is 12.3 Å². The molecule has 0 atom stereocenters. The van der Waals surface area contributed by atoms with Crippen molar-refractivity contribution in [3.05, 3.63) is 65.7 Å². The summed E-state index contributed by atoms with van der Waals surface area (Å²) in [6.07, 6.45) is 11.2. The molecular formula is C30H37FN6O. The lowest BCUT2D eigenvalue weighted by Crippen LogP contribution is -2.36. The fraction of sp³-hybridized carbons (Fsp3) is 0.433. The van der Waals surface area contributed by atoms with Gasteiger partial charge in [0.05, 0.1) is 17.4 Å². The molecule has 5 rings (SSSR count). The fourth-order valence-electron chi connectivity index (χ4n) is 5.17. The Morgan fingerprint density at radius 1 is 0.974 bits per heavy atom. The predicted octanol–water partition coefficient (Wildman–Crippen LogP) is 6.02. The Morgan fingerprint density at radius 3 is 2.37 bits per heavy atom. The summed E-state index contributed by atoms with van der Waals surface area (Å²) < 4.78 is 13.3. The maximum atomic E-state index is 13.3. The number of rotatable bonds is 7. The van der Waals surface area contributed by atoms with Gasteiger partial charge in [-0.05, 0) is 88.3 Å². The number of hydrogen-bond acceptors (Lipinski definition) is 7. The first-order valence-electron chi connectivity index (χ1n) is 13.7. The quantitative estimate of drug-likeness (QED) is 0.354. The summed E-state index contributed by atoms with van der Waals surface area (Å²) in [6, 6.07) is 11.1. The minimum Gasteiger partial charge on any atom is -0.393 e. The van der Waals surface area contributed by atoms with Crippen molar-refractivity contribution in [2.75, 3.05) is 23.7 Å². The number of hydrogen-bond donors (Lipinski definition) is 3. The first-order valence-corrected chi connectivity index (χ1v) is 13.7. The Morgan fingerprint density at radius 2 is 1.71 bits per heavy atom. The molecule has 8 heteroatoms. The summed E-state index contributed by atoms with van der Waals surface area (Å²) in [4.78, 5) is 16.6. The van der Waals surface area contributed by atoms with E-state index in [9.17, 15) is 9.50 Å². The van der Waals surface area contributed by atoms with Crippen molar-refractivity contribution < 1.29 is 9.50 Å². The van der Waals surface area contributed by atoms with Gasteiger partial charge in [-0.2, -0.15) is 4.98 Å². The van der Waals surface area contributed by atoms with E-state index in [4.69, 9.17) is 9.97 Å². The number of aliphatic hydroxyl groups excluding tert-OH is 1. The highest BCUT2D eigenvalue weighted by Crippen LogP contribution is 2.30. The Kier molecular flexibility index (Phi) is 8.29. The van der Waals surface area contributed by atoms with Crippen molar-refractivity contribution in [3.8, 4) is 11.3 Å². The third-order valence-electron chi connectivity index (χ3n) is 7.53. The second kappa shape index (κ2) is 12.0. The number of anilines is 3. The Labute approximate surface area is 224 Å². The van der Waals surface area contributed by atoms with Crippen LogP contribution in [0.1, 0.15) is 57.9 Å². The molecule has 1 aromatic carbocycles. The number of halogens is 1. The molecule has 0 spiro atoms. The number of pyridine rings is 1. The van der Waals surface area contributed by atoms with Crippen LogP contribution in [-0.2, 0) is 0 Å². The van der Waals surface area contributed by atoms with Crippen molar-refractivity contribution in [2.45, 2.75) is 70.6 Å². The molecule has 2 fully saturated rings. The second-order valence-corrected chi connectivity index (χ2v) is 10.6. The van der Waals surface area contributed by atoms with Crippen molar-refractivity contribution in [1.29, 1.82) is 0 Å². The van der Waals surface area contributed by atoms with Gasteiger partial charge < -0.3 is 20.6 Å².